The van der Waals surface area contributed by atoms with E-state index >= 15 is 0 Å². The largest absolute Gasteiger partial charge is 0.0832 e. The fourth-order valence-electron chi connectivity index (χ4n) is 3.64. The zero-order valence-electron chi connectivity index (χ0n) is 12.5. The zero-order chi connectivity index (χ0) is 14.9. The minimum Gasteiger partial charge on any atom is -0.0832 e. The highest BCUT2D eigenvalue weighted by atomic mass is 79.9. The standard InChI is InChI=1S/C17H23Br3/c1-11(2)10-17(6-4-5-7-17)16(20)13-9-14(18)12(3)8-15(13)19/h8-9,11,16H,4-7,10H2,1-3H3. The van der Waals surface area contributed by atoms with Crippen LogP contribution in [0.3, 0.4) is 0 Å². The van der Waals surface area contributed by atoms with E-state index in [-0.39, 0.29) is 0 Å². The summed E-state index contributed by atoms with van der Waals surface area (Å²) < 4.78 is 2.44. The maximum absolute atomic E-state index is 4.06. The summed E-state index contributed by atoms with van der Waals surface area (Å²) in [6.45, 7) is 6.83. The van der Waals surface area contributed by atoms with E-state index in [2.05, 4.69) is 80.7 Å². The van der Waals surface area contributed by atoms with Crippen molar-refractivity contribution < 1.29 is 0 Å². The zero-order valence-corrected chi connectivity index (χ0v) is 17.2. The van der Waals surface area contributed by atoms with Gasteiger partial charge in [0.25, 0.3) is 0 Å². The Morgan fingerprint density at radius 3 is 2.25 bits per heavy atom. The van der Waals surface area contributed by atoms with Gasteiger partial charge in [0.1, 0.15) is 0 Å². The molecule has 0 heterocycles. The van der Waals surface area contributed by atoms with E-state index in [0.717, 1.165) is 5.92 Å². The Hall–Kier alpha value is 0.660. The summed E-state index contributed by atoms with van der Waals surface area (Å²) in [5, 5.41) is 0. The average molecular weight is 467 g/mol. The van der Waals surface area contributed by atoms with Crippen LogP contribution < -0.4 is 0 Å². The first kappa shape index (κ1) is 17.0. The van der Waals surface area contributed by atoms with Crippen LogP contribution in [0.25, 0.3) is 0 Å². The molecule has 0 saturated heterocycles. The molecule has 1 aliphatic carbocycles. The van der Waals surface area contributed by atoms with Crippen molar-refractivity contribution in [1.82, 2.24) is 0 Å². The predicted octanol–water partition coefficient (Wildman–Crippen LogP) is 7.56. The van der Waals surface area contributed by atoms with Gasteiger partial charge in [0, 0.05) is 13.8 Å². The third-order valence-corrected chi connectivity index (χ3v) is 7.51. The number of alkyl halides is 1. The van der Waals surface area contributed by atoms with Gasteiger partial charge in [0.15, 0.2) is 0 Å². The van der Waals surface area contributed by atoms with Gasteiger partial charge in [-0.05, 0) is 60.8 Å². The van der Waals surface area contributed by atoms with Crippen molar-refractivity contribution in [3.05, 3.63) is 32.2 Å². The van der Waals surface area contributed by atoms with Gasteiger partial charge < -0.3 is 0 Å². The third-order valence-electron chi connectivity index (χ3n) is 4.50. The molecule has 0 spiro atoms. The molecule has 1 fully saturated rings. The quantitative estimate of drug-likeness (QED) is 0.401. The lowest BCUT2D eigenvalue weighted by atomic mass is 9.74. The van der Waals surface area contributed by atoms with E-state index in [1.54, 1.807) is 0 Å². The van der Waals surface area contributed by atoms with E-state index < -0.39 is 0 Å². The molecule has 20 heavy (non-hydrogen) atoms. The number of hydrogen-bond acceptors (Lipinski definition) is 0. The summed E-state index contributed by atoms with van der Waals surface area (Å²) in [5.74, 6) is 0.751. The summed E-state index contributed by atoms with van der Waals surface area (Å²) in [7, 11) is 0. The topological polar surface area (TPSA) is 0 Å². The van der Waals surface area contributed by atoms with Crippen LogP contribution >= 0.6 is 47.8 Å². The lowest BCUT2D eigenvalue weighted by Gasteiger charge is -2.37. The third kappa shape index (κ3) is 3.52. The fourth-order valence-corrected chi connectivity index (χ4v) is 6.02. The van der Waals surface area contributed by atoms with Gasteiger partial charge in [-0.15, -0.1) is 0 Å². The second-order valence-electron chi connectivity index (χ2n) is 6.65. The van der Waals surface area contributed by atoms with Gasteiger partial charge in [-0.2, -0.15) is 0 Å². The fraction of sp³-hybridized carbons (Fsp3) is 0.647. The summed E-state index contributed by atoms with van der Waals surface area (Å²) in [6.07, 6.45) is 6.75. The summed E-state index contributed by atoms with van der Waals surface area (Å²) in [4.78, 5) is 0.436. The summed E-state index contributed by atoms with van der Waals surface area (Å²) >= 11 is 11.5. The maximum Gasteiger partial charge on any atom is 0.0463 e. The van der Waals surface area contributed by atoms with Crippen LogP contribution in [0, 0.1) is 18.3 Å². The van der Waals surface area contributed by atoms with Gasteiger partial charge in [-0.1, -0.05) is 74.5 Å². The molecule has 0 amide bonds. The molecule has 1 aromatic rings. The van der Waals surface area contributed by atoms with Gasteiger partial charge in [-0.3, -0.25) is 0 Å². The molecule has 1 unspecified atom stereocenters. The molecule has 0 nitrogen and oxygen atoms in total. The normalized spacial score (nSPS) is 19.6. The Morgan fingerprint density at radius 2 is 1.70 bits per heavy atom. The predicted molar refractivity (Wildman–Crippen MR) is 98.6 cm³/mol. The van der Waals surface area contributed by atoms with Crippen LogP contribution in [0.5, 0.6) is 0 Å². The van der Waals surface area contributed by atoms with E-state index in [9.17, 15) is 0 Å². The van der Waals surface area contributed by atoms with E-state index in [1.165, 1.54) is 52.2 Å². The Bertz CT molecular complexity index is 473. The van der Waals surface area contributed by atoms with E-state index in [0.29, 0.717) is 10.2 Å². The molecule has 0 aliphatic heterocycles. The van der Waals surface area contributed by atoms with Crippen molar-refractivity contribution in [2.24, 2.45) is 11.3 Å². The SMILES string of the molecule is Cc1cc(Br)c(C(Br)C2(CC(C)C)CCCC2)cc1Br. The maximum atomic E-state index is 4.06. The first-order valence-electron chi connectivity index (χ1n) is 7.45. The molecule has 1 aliphatic rings. The van der Waals surface area contributed by atoms with Crippen LogP contribution in [0.1, 0.15) is 61.9 Å². The highest BCUT2D eigenvalue weighted by Gasteiger charge is 2.41. The van der Waals surface area contributed by atoms with Crippen LogP contribution in [0.15, 0.2) is 21.1 Å². The van der Waals surface area contributed by atoms with Gasteiger partial charge in [0.2, 0.25) is 0 Å². The van der Waals surface area contributed by atoms with Crippen molar-refractivity contribution in [3.63, 3.8) is 0 Å². The first-order valence-corrected chi connectivity index (χ1v) is 9.95. The molecule has 2 rings (SSSR count). The van der Waals surface area contributed by atoms with Crippen LogP contribution in [-0.2, 0) is 0 Å². The Balaban J connectivity index is 2.37. The molecule has 3 heteroatoms. The van der Waals surface area contributed by atoms with Crippen LogP contribution in [-0.4, -0.2) is 0 Å². The molecule has 0 N–H and O–H groups in total. The number of halogens is 3. The van der Waals surface area contributed by atoms with Crippen molar-refractivity contribution in [1.29, 1.82) is 0 Å². The Labute approximate surface area is 148 Å². The first-order chi connectivity index (χ1) is 9.35. The van der Waals surface area contributed by atoms with Crippen molar-refractivity contribution in [2.75, 3.05) is 0 Å². The second kappa shape index (κ2) is 6.83. The van der Waals surface area contributed by atoms with Crippen molar-refractivity contribution in [3.8, 4) is 0 Å². The van der Waals surface area contributed by atoms with Crippen molar-refractivity contribution >= 4 is 47.8 Å². The Morgan fingerprint density at radius 1 is 1.10 bits per heavy atom. The molecular formula is C17H23Br3. The van der Waals surface area contributed by atoms with Gasteiger partial charge >= 0.3 is 0 Å². The molecule has 1 aromatic carbocycles. The average Bonchev–Trinajstić information content (AvgIpc) is 2.81. The molecule has 112 valence electrons. The van der Waals surface area contributed by atoms with Crippen molar-refractivity contribution in [2.45, 2.75) is 57.7 Å². The highest BCUT2D eigenvalue weighted by molar-refractivity contribution is 9.11. The molecule has 1 atom stereocenters. The molecule has 0 radical (unpaired) electrons. The minimum atomic E-state index is 0.422. The number of benzene rings is 1. The molecule has 0 bridgehead atoms. The number of hydrogen-bond donors (Lipinski definition) is 0. The molecular weight excluding hydrogens is 444 g/mol. The minimum absolute atomic E-state index is 0.422. The van der Waals surface area contributed by atoms with E-state index in [4.69, 9.17) is 0 Å². The second-order valence-corrected chi connectivity index (χ2v) is 9.28. The molecule has 1 saturated carbocycles. The van der Waals surface area contributed by atoms with E-state index in [1.807, 2.05) is 0 Å². The summed E-state index contributed by atoms with van der Waals surface area (Å²) in [5.41, 5.74) is 3.10. The van der Waals surface area contributed by atoms with Gasteiger partial charge in [-0.25, -0.2) is 0 Å². The smallest absolute Gasteiger partial charge is 0.0463 e. The number of rotatable bonds is 4. The Kier molecular flexibility index (Phi) is 5.81. The lowest BCUT2D eigenvalue weighted by molar-refractivity contribution is 0.230. The van der Waals surface area contributed by atoms with Gasteiger partial charge in [0.05, 0.1) is 0 Å². The summed E-state index contributed by atoms with van der Waals surface area (Å²) in [6, 6.07) is 4.52. The van der Waals surface area contributed by atoms with Crippen LogP contribution in [0.4, 0.5) is 0 Å². The number of aryl methyl sites for hydroxylation is 1. The molecule has 0 aromatic heterocycles. The van der Waals surface area contributed by atoms with Crippen LogP contribution in [0.2, 0.25) is 0 Å². The lowest BCUT2D eigenvalue weighted by Crippen LogP contribution is -2.24. The monoisotopic (exact) mass is 464 g/mol. The highest BCUT2D eigenvalue weighted by Crippen LogP contribution is 2.56.